The van der Waals surface area contributed by atoms with Gasteiger partial charge >= 0.3 is 0 Å². The number of aliphatic hydroxyl groups excluding tert-OH is 1. The van der Waals surface area contributed by atoms with Crippen molar-refractivity contribution >= 4 is 9.84 Å². The van der Waals surface area contributed by atoms with Gasteiger partial charge in [0.25, 0.3) is 0 Å². The third kappa shape index (κ3) is 3.18. The van der Waals surface area contributed by atoms with Crippen LogP contribution in [0.3, 0.4) is 0 Å². The van der Waals surface area contributed by atoms with Crippen LogP contribution in [0, 0.1) is 6.92 Å². The highest BCUT2D eigenvalue weighted by Gasteiger charge is 2.17. The van der Waals surface area contributed by atoms with Crippen molar-refractivity contribution in [1.29, 1.82) is 0 Å². The molecule has 0 spiro atoms. The summed E-state index contributed by atoms with van der Waals surface area (Å²) >= 11 is 0. The molecule has 0 aliphatic rings. The van der Waals surface area contributed by atoms with E-state index in [9.17, 15) is 13.5 Å². The molecule has 0 saturated heterocycles. The Labute approximate surface area is 90.0 Å². The Bertz CT molecular complexity index is 431. The zero-order chi connectivity index (χ0) is 11.5. The summed E-state index contributed by atoms with van der Waals surface area (Å²) in [4.78, 5) is 0.231. The van der Waals surface area contributed by atoms with Crippen molar-refractivity contribution in [3.05, 3.63) is 42.5 Å². The molecule has 0 fully saturated rings. The quantitative estimate of drug-likeness (QED) is 0.788. The topological polar surface area (TPSA) is 54.4 Å². The fourth-order valence-corrected chi connectivity index (χ4v) is 2.46. The molecule has 1 aromatic rings. The molecule has 0 radical (unpaired) electrons. The van der Waals surface area contributed by atoms with E-state index in [-0.39, 0.29) is 10.6 Å². The van der Waals surface area contributed by atoms with Crippen LogP contribution in [0.15, 0.2) is 41.8 Å². The first kappa shape index (κ1) is 11.9. The first-order chi connectivity index (χ1) is 6.95. The summed E-state index contributed by atoms with van der Waals surface area (Å²) in [6.45, 7) is 5.22. The van der Waals surface area contributed by atoms with Gasteiger partial charge in [-0.1, -0.05) is 23.8 Å². The molecule has 1 aromatic carbocycles. The van der Waals surface area contributed by atoms with Crippen molar-refractivity contribution in [2.75, 3.05) is 5.75 Å². The molecule has 0 saturated carbocycles. The van der Waals surface area contributed by atoms with Crippen LogP contribution in [0.4, 0.5) is 0 Å². The van der Waals surface area contributed by atoms with Gasteiger partial charge in [0.2, 0.25) is 0 Å². The van der Waals surface area contributed by atoms with Crippen LogP contribution in [-0.4, -0.2) is 25.4 Å². The van der Waals surface area contributed by atoms with Crippen molar-refractivity contribution in [3.8, 4) is 0 Å². The summed E-state index contributed by atoms with van der Waals surface area (Å²) in [5.74, 6) is -0.320. The van der Waals surface area contributed by atoms with E-state index < -0.39 is 15.9 Å². The van der Waals surface area contributed by atoms with Gasteiger partial charge in [-0.3, -0.25) is 0 Å². The molecular formula is C11H14O3S. The van der Waals surface area contributed by atoms with Crippen LogP contribution in [0.2, 0.25) is 0 Å². The maximum absolute atomic E-state index is 11.7. The fourth-order valence-electron chi connectivity index (χ4n) is 1.13. The standard InChI is InChI=1S/C11H14O3S/c1-3-10(12)8-15(13,14)11-6-4-9(2)5-7-11/h3-7,10,12H,1,8H2,2H3. The number of hydrogen-bond acceptors (Lipinski definition) is 3. The van der Waals surface area contributed by atoms with Crippen LogP contribution in [0.1, 0.15) is 5.56 Å². The second-order valence-corrected chi connectivity index (χ2v) is 5.43. The van der Waals surface area contributed by atoms with Crippen molar-refractivity contribution < 1.29 is 13.5 Å². The van der Waals surface area contributed by atoms with E-state index in [1.807, 2.05) is 6.92 Å². The first-order valence-electron chi connectivity index (χ1n) is 4.56. The molecule has 0 aromatic heterocycles. The zero-order valence-corrected chi connectivity index (χ0v) is 9.37. The van der Waals surface area contributed by atoms with Gasteiger partial charge < -0.3 is 5.11 Å². The highest BCUT2D eigenvalue weighted by Crippen LogP contribution is 2.13. The average molecular weight is 226 g/mol. The number of sulfone groups is 1. The Morgan fingerprint density at radius 2 is 1.93 bits per heavy atom. The van der Waals surface area contributed by atoms with Crippen LogP contribution in [0.25, 0.3) is 0 Å². The van der Waals surface area contributed by atoms with E-state index in [2.05, 4.69) is 6.58 Å². The Hall–Kier alpha value is -1.13. The summed E-state index contributed by atoms with van der Waals surface area (Å²) in [7, 11) is -3.41. The predicted octanol–water partition coefficient (Wildman–Crippen LogP) is 1.32. The molecule has 15 heavy (non-hydrogen) atoms. The minimum Gasteiger partial charge on any atom is -0.388 e. The Morgan fingerprint density at radius 3 is 2.40 bits per heavy atom. The van der Waals surface area contributed by atoms with E-state index in [1.54, 1.807) is 24.3 Å². The van der Waals surface area contributed by atoms with Crippen LogP contribution in [-0.2, 0) is 9.84 Å². The fraction of sp³-hybridized carbons (Fsp3) is 0.273. The average Bonchev–Trinajstić information content (AvgIpc) is 2.17. The molecule has 4 heteroatoms. The Balaban J connectivity index is 2.96. The lowest BCUT2D eigenvalue weighted by molar-refractivity contribution is 0.246. The van der Waals surface area contributed by atoms with Crippen LogP contribution >= 0.6 is 0 Å². The molecular weight excluding hydrogens is 212 g/mol. The molecule has 3 nitrogen and oxygen atoms in total. The molecule has 0 heterocycles. The van der Waals surface area contributed by atoms with Gasteiger partial charge in [-0.05, 0) is 19.1 Å². The molecule has 0 bridgehead atoms. The van der Waals surface area contributed by atoms with E-state index in [0.29, 0.717) is 0 Å². The van der Waals surface area contributed by atoms with Gasteiger partial charge in [-0.2, -0.15) is 0 Å². The molecule has 1 rings (SSSR count). The lowest BCUT2D eigenvalue weighted by Crippen LogP contribution is -2.18. The maximum Gasteiger partial charge on any atom is 0.181 e. The minimum atomic E-state index is -3.41. The van der Waals surface area contributed by atoms with Gasteiger partial charge in [0, 0.05) is 0 Å². The maximum atomic E-state index is 11.7. The van der Waals surface area contributed by atoms with Gasteiger partial charge in [0.05, 0.1) is 16.8 Å². The zero-order valence-electron chi connectivity index (χ0n) is 8.55. The second kappa shape index (κ2) is 4.59. The van der Waals surface area contributed by atoms with Gasteiger partial charge in [0.15, 0.2) is 9.84 Å². The normalized spacial score (nSPS) is 13.5. The third-order valence-electron chi connectivity index (χ3n) is 2.04. The number of hydrogen-bond donors (Lipinski definition) is 1. The van der Waals surface area contributed by atoms with Crippen molar-refractivity contribution in [3.63, 3.8) is 0 Å². The Morgan fingerprint density at radius 1 is 1.40 bits per heavy atom. The van der Waals surface area contributed by atoms with Gasteiger partial charge in [-0.25, -0.2) is 8.42 Å². The summed E-state index contributed by atoms with van der Waals surface area (Å²) in [5, 5.41) is 9.21. The summed E-state index contributed by atoms with van der Waals surface area (Å²) in [6, 6.07) is 6.54. The van der Waals surface area contributed by atoms with Crippen molar-refractivity contribution in [2.45, 2.75) is 17.9 Å². The Kier molecular flexibility index (Phi) is 3.66. The smallest absolute Gasteiger partial charge is 0.181 e. The first-order valence-corrected chi connectivity index (χ1v) is 6.21. The SMILES string of the molecule is C=CC(O)CS(=O)(=O)c1ccc(C)cc1. The molecule has 1 unspecified atom stereocenters. The third-order valence-corrected chi connectivity index (χ3v) is 3.81. The lowest BCUT2D eigenvalue weighted by atomic mass is 10.2. The molecule has 0 aliphatic carbocycles. The number of aryl methyl sites for hydroxylation is 1. The monoisotopic (exact) mass is 226 g/mol. The number of benzene rings is 1. The molecule has 1 N–H and O–H groups in total. The van der Waals surface area contributed by atoms with E-state index >= 15 is 0 Å². The van der Waals surface area contributed by atoms with Crippen LogP contribution < -0.4 is 0 Å². The molecule has 82 valence electrons. The largest absolute Gasteiger partial charge is 0.388 e. The van der Waals surface area contributed by atoms with Gasteiger partial charge in [0.1, 0.15) is 0 Å². The van der Waals surface area contributed by atoms with Gasteiger partial charge in [-0.15, -0.1) is 6.58 Å². The molecule has 1 atom stereocenters. The predicted molar refractivity (Wildman–Crippen MR) is 59.4 cm³/mol. The van der Waals surface area contributed by atoms with E-state index in [1.165, 1.54) is 6.08 Å². The lowest BCUT2D eigenvalue weighted by Gasteiger charge is -2.07. The highest BCUT2D eigenvalue weighted by molar-refractivity contribution is 7.91. The summed E-state index contributed by atoms with van der Waals surface area (Å²) in [5.41, 5.74) is 0.998. The molecule has 0 amide bonds. The summed E-state index contributed by atoms with van der Waals surface area (Å²) in [6.07, 6.45) is 0.197. The number of aliphatic hydroxyl groups is 1. The van der Waals surface area contributed by atoms with Crippen molar-refractivity contribution in [1.82, 2.24) is 0 Å². The van der Waals surface area contributed by atoms with Crippen molar-refractivity contribution in [2.24, 2.45) is 0 Å². The second-order valence-electron chi connectivity index (χ2n) is 3.40. The number of rotatable bonds is 4. The molecule has 0 aliphatic heterocycles. The van der Waals surface area contributed by atoms with E-state index in [4.69, 9.17) is 0 Å². The van der Waals surface area contributed by atoms with E-state index in [0.717, 1.165) is 5.56 Å². The minimum absolute atomic E-state index is 0.231. The summed E-state index contributed by atoms with van der Waals surface area (Å²) < 4.78 is 23.4. The highest BCUT2D eigenvalue weighted by atomic mass is 32.2. The van der Waals surface area contributed by atoms with Crippen LogP contribution in [0.5, 0.6) is 0 Å².